The Morgan fingerprint density at radius 3 is 2.50 bits per heavy atom. The maximum Gasteiger partial charge on any atom is 0.160 e. The minimum atomic E-state index is -0.142. The van der Waals surface area contributed by atoms with Crippen LogP contribution in [0.2, 0.25) is 0 Å². The van der Waals surface area contributed by atoms with Gasteiger partial charge in [0.2, 0.25) is 0 Å². The van der Waals surface area contributed by atoms with Crippen molar-refractivity contribution in [1.82, 2.24) is 5.48 Å². The molecule has 4 nitrogen and oxygen atoms in total. The number of allylic oxidation sites excluding steroid dienone is 1. The van der Waals surface area contributed by atoms with Gasteiger partial charge in [-0.25, -0.2) is 5.48 Å². The lowest BCUT2D eigenvalue weighted by Gasteiger charge is -2.64. The molecule has 0 aliphatic heterocycles. The molecular formula is C28H41NO3. The van der Waals surface area contributed by atoms with Gasteiger partial charge in [0.15, 0.2) is 11.5 Å². The fourth-order valence-electron chi connectivity index (χ4n) is 8.73. The van der Waals surface area contributed by atoms with Crippen LogP contribution in [0.4, 0.5) is 0 Å². The number of hydrogen-bond donors (Lipinski definition) is 4. The van der Waals surface area contributed by atoms with Gasteiger partial charge in [0, 0.05) is 17.9 Å². The second-order valence-corrected chi connectivity index (χ2v) is 12.4. The maximum absolute atomic E-state index is 10.6. The average Bonchev–Trinajstić information content (AvgIpc) is 2.74. The van der Waals surface area contributed by atoms with Gasteiger partial charge in [-0.3, -0.25) is 0 Å². The first kappa shape index (κ1) is 22.3. The van der Waals surface area contributed by atoms with E-state index in [4.69, 9.17) is 0 Å². The Hall–Kier alpha value is -1.52. The standard InChI is InChI=1S/C28H41NO3/c1-16-6-8-26(3)10-11-28(5)19(20(26)12-16)7-9-27(4)21-14-22(30)25(31)17(2)24(21)18(15-29-32)13-23(27)28/h13-14,16,18-20,29-32H,6-12,15H2,1-5H3. The fourth-order valence-corrected chi connectivity index (χ4v) is 8.73. The number of hydrogen-bond acceptors (Lipinski definition) is 4. The summed E-state index contributed by atoms with van der Waals surface area (Å²) in [6, 6.07) is 1.81. The number of aromatic hydroxyl groups is 2. The highest BCUT2D eigenvalue weighted by Gasteiger charge is 2.60. The molecule has 0 radical (unpaired) electrons. The van der Waals surface area contributed by atoms with Crippen LogP contribution in [0.5, 0.6) is 11.5 Å². The lowest BCUT2D eigenvalue weighted by molar-refractivity contribution is -0.0810. The van der Waals surface area contributed by atoms with Crippen molar-refractivity contribution in [3.05, 3.63) is 34.4 Å². The third-order valence-corrected chi connectivity index (χ3v) is 10.7. The first-order valence-corrected chi connectivity index (χ1v) is 12.7. The van der Waals surface area contributed by atoms with E-state index in [0.29, 0.717) is 17.9 Å². The molecule has 0 aromatic heterocycles. The molecule has 4 aliphatic rings. The Morgan fingerprint density at radius 1 is 1.03 bits per heavy atom. The van der Waals surface area contributed by atoms with E-state index in [1.54, 1.807) is 0 Å². The molecule has 1 aromatic carbocycles. The Morgan fingerprint density at radius 2 is 1.78 bits per heavy atom. The Labute approximate surface area is 193 Å². The predicted octanol–water partition coefficient (Wildman–Crippen LogP) is 6.32. The van der Waals surface area contributed by atoms with Crippen molar-refractivity contribution in [3.63, 3.8) is 0 Å². The van der Waals surface area contributed by atoms with Crippen molar-refractivity contribution < 1.29 is 15.4 Å². The maximum atomic E-state index is 10.6. The number of rotatable bonds is 2. The number of phenols is 2. The van der Waals surface area contributed by atoms with Gasteiger partial charge in [0.25, 0.3) is 0 Å². The Kier molecular flexibility index (Phi) is 5.04. The van der Waals surface area contributed by atoms with Gasteiger partial charge < -0.3 is 15.4 Å². The minimum Gasteiger partial charge on any atom is -0.504 e. The van der Waals surface area contributed by atoms with Gasteiger partial charge in [0.1, 0.15) is 0 Å². The van der Waals surface area contributed by atoms with E-state index in [1.165, 1.54) is 44.1 Å². The summed E-state index contributed by atoms with van der Waals surface area (Å²) in [6.07, 6.45) is 11.3. The summed E-state index contributed by atoms with van der Waals surface area (Å²) in [5.74, 6) is 2.22. The van der Waals surface area contributed by atoms with Crippen molar-refractivity contribution >= 4 is 0 Å². The molecule has 0 saturated heterocycles. The summed E-state index contributed by atoms with van der Waals surface area (Å²) in [5.41, 5.74) is 7.34. The molecule has 7 atom stereocenters. The normalized spacial score (nSPS) is 42.9. The van der Waals surface area contributed by atoms with Crippen molar-refractivity contribution in [2.45, 2.75) is 90.9 Å². The number of hydroxylamine groups is 1. The van der Waals surface area contributed by atoms with Crippen molar-refractivity contribution in [2.24, 2.45) is 28.6 Å². The molecule has 4 aliphatic carbocycles. The molecule has 0 spiro atoms. The number of nitrogens with one attached hydrogen (secondary N) is 1. The quantitative estimate of drug-likeness (QED) is 0.247. The molecule has 3 saturated carbocycles. The summed E-state index contributed by atoms with van der Waals surface area (Å²) >= 11 is 0. The van der Waals surface area contributed by atoms with Crippen molar-refractivity contribution in [3.8, 4) is 11.5 Å². The largest absolute Gasteiger partial charge is 0.504 e. The van der Waals surface area contributed by atoms with Gasteiger partial charge in [0.05, 0.1) is 0 Å². The van der Waals surface area contributed by atoms with Crippen LogP contribution < -0.4 is 5.48 Å². The molecule has 0 heterocycles. The number of benzene rings is 1. The highest BCUT2D eigenvalue weighted by molar-refractivity contribution is 5.62. The van der Waals surface area contributed by atoms with Crippen LogP contribution in [0.15, 0.2) is 17.7 Å². The van der Waals surface area contributed by atoms with Gasteiger partial charge in [-0.1, -0.05) is 45.8 Å². The van der Waals surface area contributed by atoms with Crippen molar-refractivity contribution in [2.75, 3.05) is 6.54 Å². The van der Waals surface area contributed by atoms with E-state index in [-0.39, 0.29) is 28.2 Å². The van der Waals surface area contributed by atoms with E-state index >= 15 is 0 Å². The van der Waals surface area contributed by atoms with Crippen LogP contribution in [0.25, 0.3) is 0 Å². The molecule has 5 rings (SSSR count). The second kappa shape index (κ2) is 7.24. The van der Waals surface area contributed by atoms with Crippen LogP contribution >= 0.6 is 0 Å². The number of fused-ring (bicyclic) bond motifs is 7. The molecule has 4 N–H and O–H groups in total. The van der Waals surface area contributed by atoms with Crippen LogP contribution in [-0.4, -0.2) is 22.0 Å². The summed E-state index contributed by atoms with van der Waals surface area (Å²) in [6.45, 7) is 12.2. The van der Waals surface area contributed by atoms with E-state index < -0.39 is 0 Å². The smallest absolute Gasteiger partial charge is 0.160 e. The van der Waals surface area contributed by atoms with Gasteiger partial charge in [-0.15, -0.1) is 0 Å². The highest BCUT2D eigenvalue weighted by Crippen LogP contribution is 2.69. The molecule has 7 unspecified atom stereocenters. The highest BCUT2D eigenvalue weighted by atomic mass is 16.5. The molecular weight excluding hydrogens is 398 g/mol. The SMILES string of the molecule is Cc1c(O)c(O)cc2c1C(CNO)C=C1C2(C)CCC2C3CC(C)CCC3(C)CCC12C. The Bertz CT molecular complexity index is 970. The third-order valence-electron chi connectivity index (χ3n) is 10.7. The monoisotopic (exact) mass is 439 g/mol. The zero-order chi connectivity index (χ0) is 23.1. The van der Waals surface area contributed by atoms with Crippen LogP contribution in [0.1, 0.15) is 95.2 Å². The van der Waals surface area contributed by atoms with E-state index in [1.807, 2.05) is 13.0 Å². The van der Waals surface area contributed by atoms with Crippen LogP contribution in [0, 0.1) is 35.5 Å². The molecule has 4 heteroatoms. The van der Waals surface area contributed by atoms with Crippen molar-refractivity contribution in [1.29, 1.82) is 0 Å². The first-order chi connectivity index (χ1) is 15.0. The minimum absolute atomic E-state index is 0.0151. The molecule has 0 amide bonds. The Balaban J connectivity index is 1.66. The topological polar surface area (TPSA) is 72.7 Å². The zero-order valence-corrected chi connectivity index (χ0v) is 20.5. The molecule has 1 aromatic rings. The van der Waals surface area contributed by atoms with Gasteiger partial charge >= 0.3 is 0 Å². The van der Waals surface area contributed by atoms with Gasteiger partial charge in [-0.05, 0) is 96.8 Å². The zero-order valence-electron chi connectivity index (χ0n) is 20.5. The number of phenolic OH excluding ortho intramolecular Hbond substituents is 2. The predicted molar refractivity (Wildman–Crippen MR) is 127 cm³/mol. The lowest BCUT2D eigenvalue weighted by Crippen LogP contribution is -2.56. The summed E-state index contributed by atoms with van der Waals surface area (Å²) in [7, 11) is 0. The van der Waals surface area contributed by atoms with E-state index in [2.05, 4.69) is 39.3 Å². The summed E-state index contributed by atoms with van der Waals surface area (Å²) < 4.78 is 0. The van der Waals surface area contributed by atoms with E-state index in [0.717, 1.165) is 34.9 Å². The van der Waals surface area contributed by atoms with Crippen LogP contribution in [0.3, 0.4) is 0 Å². The second-order valence-electron chi connectivity index (χ2n) is 12.4. The van der Waals surface area contributed by atoms with Gasteiger partial charge in [-0.2, -0.15) is 0 Å². The average molecular weight is 440 g/mol. The molecule has 0 bridgehead atoms. The summed E-state index contributed by atoms with van der Waals surface area (Å²) in [5, 5.41) is 30.7. The molecule has 3 fully saturated rings. The molecule has 176 valence electrons. The fraction of sp³-hybridized carbons (Fsp3) is 0.714. The lowest BCUT2D eigenvalue weighted by atomic mass is 9.40. The third kappa shape index (κ3) is 2.88. The summed E-state index contributed by atoms with van der Waals surface area (Å²) in [4.78, 5) is 0. The first-order valence-electron chi connectivity index (χ1n) is 12.7. The van der Waals surface area contributed by atoms with Crippen LogP contribution in [-0.2, 0) is 5.41 Å². The molecule has 32 heavy (non-hydrogen) atoms. The van der Waals surface area contributed by atoms with E-state index in [9.17, 15) is 15.4 Å².